The van der Waals surface area contributed by atoms with E-state index in [9.17, 15) is 0 Å². The zero-order chi connectivity index (χ0) is 15.4. The fourth-order valence-corrected chi connectivity index (χ4v) is 3.17. The minimum absolute atomic E-state index is 0.483. The molecule has 0 fully saturated rings. The Bertz CT molecular complexity index is 788. The molecule has 0 aliphatic rings. The number of rotatable bonds is 4. The lowest BCUT2D eigenvalue weighted by Crippen LogP contribution is -2.35. The zero-order valence-electron chi connectivity index (χ0n) is 12.0. The number of benzene rings is 2. The van der Waals surface area contributed by atoms with Crippen LogP contribution in [0.4, 0.5) is 0 Å². The van der Waals surface area contributed by atoms with Gasteiger partial charge in [0, 0.05) is 29.4 Å². The number of terminal acetylenes is 1. The number of hydrogen-bond acceptors (Lipinski definition) is 1. The monoisotopic (exact) mass is 306 g/mol. The third-order valence-electron chi connectivity index (χ3n) is 3.87. The summed E-state index contributed by atoms with van der Waals surface area (Å²) in [6.07, 6.45) is 11.7. The van der Waals surface area contributed by atoms with Crippen molar-refractivity contribution >= 4 is 11.6 Å². The molecule has 3 rings (SSSR count). The van der Waals surface area contributed by atoms with Crippen LogP contribution < -0.4 is 0 Å². The Morgan fingerprint density at radius 2 is 1.82 bits per heavy atom. The van der Waals surface area contributed by atoms with Gasteiger partial charge in [-0.3, -0.25) is 0 Å². The molecular weight excluding hydrogens is 292 g/mol. The van der Waals surface area contributed by atoms with Gasteiger partial charge in [0.2, 0.25) is 0 Å². The van der Waals surface area contributed by atoms with Crippen LogP contribution in [0.25, 0.3) is 0 Å². The van der Waals surface area contributed by atoms with Gasteiger partial charge in [0.05, 0.1) is 6.33 Å². The molecule has 0 saturated carbocycles. The number of imidazole rings is 1. The van der Waals surface area contributed by atoms with Crippen molar-refractivity contribution in [2.75, 3.05) is 0 Å². The van der Waals surface area contributed by atoms with E-state index in [1.54, 1.807) is 12.5 Å². The van der Waals surface area contributed by atoms with E-state index in [2.05, 4.69) is 23.0 Å². The van der Waals surface area contributed by atoms with Crippen LogP contribution in [0.15, 0.2) is 73.3 Å². The van der Waals surface area contributed by atoms with Gasteiger partial charge in [-0.15, -0.1) is 12.3 Å². The highest BCUT2D eigenvalue weighted by molar-refractivity contribution is 6.31. The highest BCUT2D eigenvalue weighted by Crippen LogP contribution is 2.40. The number of halogens is 1. The molecule has 0 bridgehead atoms. The summed E-state index contributed by atoms with van der Waals surface area (Å²) in [5.41, 5.74) is 1.49. The molecule has 2 aromatic carbocycles. The molecule has 0 saturated heterocycles. The Labute approximate surface area is 135 Å². The van der Waals surface area contributed by atoms with Crippen molar-refractivity contribution in [1.29, 1.82) is 0 Å². The third kappa shape index (κ3) is 2.30. The molecule has 1 heterocycles. The highest BCUT2D eigenvalue weighted by Gasteiger charge is 2.36. The summed E-state index contributed by atoms with van der Waals surface area (Å²) in [6.45, 7) is 0. The average Bonchev–Trinajstić information content (AvgIpc) is 3.09. The molecular formula is C19H15ClN2. The summed E-state index contributed by atoms with van der Waals surface area (Å²) in [7, 11) is 0. The molecule has 2 nitrogen and oxygen atoms in total. The summed E-state index contributed by atoms with van der Waals surface area (Å²) in [5.74, 6) is 2.81. The van der Waals surface area contributed by atoms with E-state index in [1.807, 2.05) is 53.2 Å². The van der Waals surface area contributed by atoms with E-state index >= 15 is 0 Å². The van der Waals surface area contributed by atoms with Crippen molar-refractivity contribution < 1.29 is 0 Å². The van der Waals surface area contributed by atoms with E-state index in [-0.39, 0.29) is 0 Å². The molecule has 0 amide bonds. The van der Waals surface area contributed by atoms with Crippen LogP contribution in [0.2, 0.25) is 5.02 Å². The van der Waals surface area contributed by atoms with Gasteiger partial charge in [-0.2, -0.15) is 0 Å². The van der Waals surface area contributed by atoms with Crippen LogP contribution in [0.1, 0.15) is 17.5 Å². The Morgan fingerprint density at radius 3 is 2.45 bits per heavy atom. The second-order valence-corrected chi connectivity index (χ2v) is 5.46. The molecule has 3 heteroatoms. The lowest BCUT2D eigenvalue weighted by molar-refractivity contribution is 0.441. The second kappa shape index (κ2) is 6.09. The number of nitrogens with zero attached hydrogens (tertiary/aromatic N) is 2. The molecule has 0 aliphatic carbocycles. The van der Waals surface area contributed by atoms with Crippen molar-refractivity contribution in [3.8, 4) is 12.3 Å². The summed E-state index contributed by atoms with van der Waals surface area (Å²) in [5, 5.41) is 0.690. The van der Waals surface area contributed by atoms with Gasteiger partial charge >= 0.3 is 0 Å². The molecule has 0 N–H and O–H groups in total. The fraction of sp³-hybridized carbons (Fsp3) is 0.105. The minimum Gasteiger partial charge on any atom is -0.322 e. The maximum absolute atomic E-state index is 6.51. The maximum Gasteiger partial charge on any atom is 0.108 e. The topological polar surface area (TPSA) is 17.8 Å². The van der Waals surface area contributed by atoms with Crippen LogP contribution in [-0.4, -0.2) is 9.55 Å². The molecule has 1 unspecified atom stereocenters. The molecule has 0 radical (unpaired) electrons. The van der Waals surface area contributed by atoms with E-state index < -0.39 is 5.54 Å². The molecule has 1 atom stereocenters. The first kappa shape index (κ1) is 14.4. The van der Waals surface area contributed by atoms with E-state index in [1.165, 1.54) is 0 Å². The summed E-state index contributed by atoms with van der Waals surface area (Å²) >= 11 is 6.51. The Balaban J connectivity index is 2.35. The van der Waals surface area contributed by atoms with Crippen molar-refractivity contribution in [1.82, 2.24) is 9.55 Å². The van der Waals surface area contributed by atoms with Crippen LogP contribution in [0.3, 0.4) is 0 Å². The van der Waals surface area contributed by atoms with E-state index in [4.69, 9.17) is 18.0 Å². The van der Waals surface area contributed by atoms with Crippen molar-refractivity contribution in [2.24, 2.45) is 0 Å². The minimum atomic E-state index is -0.565. The summed E-state index contributed by atoms with van der Waals surface area (Å²) < 4.78 is 2.03. The standard InChI is InChI=1S/C19H15ClN2/c1-2-12-19(22-14-13-21-15-22,16-8-4-3-5-9-16)17-10-6-7-11-18(17)20/h1,3-11,13-15H,12H2. The fourth-order valence-electron chi connectivity index (χ4n) is 2.88. The van der Waals surface area contributed by atoms with Gasteiger partial charge in [-0.1, -0.05) is 60.1 Å². The first-order valence-electron chi connectivity index (χ1n) is 7.01. The van der Waals surface area contributed by atoms with Gasteiger partial charge < -0.3 is 4.57 Å². The Kier molecular flexibility index (Phi) is 4.00. The normalized spacial score (nSPS) is 13.3. The molecule has 3 aromatic rings. The second-order valence-electron chi connectivity index (χ2n) is 5.06. The molecule has 1 aromatic heterocycles. The lowest BCUT2D eigenvalue weighted by Gasteiger charge is -2.35. The third-order valence-corrected chi connectivity index (χ3v) is 4.20. The van der Waals surface area contributed by atoms with Gasteiger partial charge in [0.15, 0.2) is 0 Å². The number of hydrogen-bond donors (Lipinski definition) is 0. The van der Waals surface area contributed by atoms with Crippen LogP contribution in [0, 0.1) is 12.3 Å². The Hall–Kier alpha value is -2.50. The summed E-state index contributed by atoms with van der Waals surface area (Å²) in [6, 6.07) is 18.0. The molecule has 22 heavy (non-hydrogen) atoms. The highest BCUT2D eigenvalue weighted by atomic mass is 35.5. The maximum atomic E-state index is 6.51. The lowest BCUT2D eigenvalue weighted by atomic mass is 9.80. The SMILES string of the molecule is C#CCC(c1ccccc1)(c1ccccc1Cl)n1ccnc1. The van der Waals surface area contributed by atoms with Gasteiger partial charge in [0.25, 0.3) is 0 Å². The first-order valence-corrected chi connectivity index (χ1v) is 7.39. The van der Waals surface area contributed by atoms with Crippen LogP contribution in [0.5, 0.6) is 0 Å². The van der Waals surface area contributed by atoms with Crippen LogP contribution in [-0.2, 0) is 5.54 Å². The molecule has 108 valence electrons. The Morgan fingerprint density at radius 1 is 1.09 bits per heavy atom. The van der Waals surface area contributed by atoms with Crippen LogP contribution >= 0.6 is 11.6 Å². The van der Waals surface area contributed by atoms with Crippen molar-refractivity contribution in [3.63, 3.8) is 0 Å². The average molecular weight is 307 g/mol. The molecule has 0 spiro atoms. The summed E-state index contributed by atoms with van der Waals surface area (Å²) in [4.78, 5) is 4.20. The van der Waals surface area contributed by atoms with Crippen molar-refractivity contribution in [3.05, 3.63) is 89.5 Å². The van der Waals surface area contributed by atoms with Crippen molar-refractivity contribution in [2.45, 2.75) is 12.0 Å². The largest absolute Gasteiger partial charge is 0.322 e. The smallest absolute Gasteiger partial charge is 0.108 e. The van der Waals surface area contributed by atoms with Gasteiger partial charge in [-0.25, -0.2) is 4.98 Å². The predicted molar refractivity (Wildman–Crippen MR) is 89.7 cm³/mol. The zero-order valence-corrected chi connectivity index (χ0v) is 12.7. The van der Waals surface area contributed by atoms with Gasteiger partial charge in [-0.05, 0) is 11.6 Å². The van der Waals surface area contributed by atoms with E-state index in [0.717, 1.165) is 11.1 Å². The predicted octanol–water partition coefficient (Wildman–Crippen LogP) is 4.35. The number of aromatic nitrogens is 2. The first-order chi connectivity index (χ1) is 10.8. The van der Waals surface area contributed by atoms with Gasteiger partial charge in [0.1, 0.15) is 5.54 Å². The quantitative estimate of drug-likeness (QED) is 0.655. The molecule has 0 aliphatic heterocycles. The van der Waals surface area contributed by atoms with E-state index in [0.29, 0.717) is 11.4 Å².